The molecule has 5 heteroatoms. The zero-order chi connectivity index (χ0) is 13.7. The van der Waals surface area contributed by atoms with Crippen molar-refractivity contribution in [1.82, 2.24) is 9.78 Å². The molecule has 2 unspecified atom stereocenters. The lowest BCUT2D eigenvalue weighted by molar-refractivity contribution is -0.141. The minimum Gasteiger partial charge on any atom is -0.469 e. The van der Waals surface area contributed by atoms with E-state index in [4.69, 9.17) is 10.5 Å². The second-order valence-electron chi connectivity index (χ2n) is 4.52. The molecule has 1 heterocycles. The third-order valence-electron chi connectivity index (χ3n) is 3.27. The first-order chi connectivity index (χ1) is 8.53. The van der Waals surface area contributed by atoms with Crippen molar-refractivity contribution in [2.75, 3.05) is 7.11 Å². The van der Waals surface area contributed by atoms with Crippen molar-refractivity contribution in [2.45, 2.75) is 45.1 Å². The molecule has 0 aliphatic heterocycles. The van der Waals surface area contributed by atoms with Crippen LogP contribution in [0.2, 0.25) is 0 Å². The summed E-state index contributed by atoms with van der Waals surface area (Å²) < 4.78 is 6.53. The summed E-state index contributed by atoms with van der Waals surface area (Å²) in [5.41, 5.74) is 8.22. The zero-order valence-corrected chi connectivity index (χ0v) is 11.6. The fourth-order valence-electron chi connectivity index (χ4n) is 2.18. The van der Waals surface area contributed by atoms with Gasteiger partial charge in [0.15, 0.2) is 0 Å². The number of aromatic nitrogens is 2. The molecule has 0 amide bonds. The number of nitrogens with zero attached hydrogens (tertiary/aromatic N) is 2. The Bertz CT molecular complexity index is 401. The van der Waals surface area contributed by atoms with Crippen molar-refractivity contribution in [3.63, 3.8) is 0 Å². The van der Waals surface area contributed by atoms with Crippen molar-refractivity contribution < 1.29 is 9.53 Å². The Hall–Kier alpha value is -1.36. The molecule has 0 fully saturated rings. The summed E-state index contributed by atoms with van der Waals surface area (Å²) >= 11 is 0. The summed E-state index contributed by atoms with van der Waals surface area (Å²) in [6.07, 6.45) is 3.93. The Morgan fingerprint density at radius 3 is 2.72 bits per heavy atom. The summed E-state index contributed by atoms with van der Waals surface area (Å²) in [5.74, 6) is -0.249. The topological polar surface area (TPSA) is 70.1 Å². The predicted molar refractivity (Wildman–Crippen MR) is 70.2 cm³/mol. The van der Waals surface area contributed by atoms with E-state index in [2.05, 4.69) is 12.0 Å². The lowest BCUT2D eigenvalue weighted by Gasteiger charge is -2.21. The van der Waals surface area contributed by atoms with E-state index in [0.717, 1.165) is 24.1 Å². The highest BCUT2D eigenvalue weighted by Gasteiger charge is 2.26. The quantitative estimate of drug-likeness (QED) is 0.777. The molecule has 0 radical (unpaired) electrons. The zero-order valence-electron chi connectivity index (χ0n) is 11.6. The standard InChI is InChI=1S/C13H23N3O2/c1-5-11(14)9(7-13(17)18-4)10-8-16(3)15-12(10)6-2/h8-9,11H,5-7,14H2,1-4H3. The van der Waals surface area contributed by atoms with E-state index >= 15 is 0 Å². The summed E-state index contributed by atoms with van der Waals surface area (Å²) in [4.78, 5) is 11.5. The van der Waals surface area contributed by atoms with Crippen molar-refractivity contribution in [3.05, 3.63) is 17.5 Å². The van der Waals surface area contributed by atoms with Crippen LogP contribution in [0.5, 0.6) is 0 Å². The number of hydrogen-bond acceptors (Lipinski definition) is 4. The number of esters is 1. The van der Waals surface area contributed by atoms with Crippen molar-refractivity contribution in [1.29, 1.82) is 0 Å². The van der Waals surface area contributed by atoms with Gasteiger partial charge in [0, 0.05) is 25.2 Å². The van der Waals surface area contributed by atoms with Gasteiger partial charge in [0.1, 0.15) is 0 Å². The first kappa shape index (κ1) is 14.7. The summed E-state index contributed by atoms with van der Waals surface area (Å²) in [7, 11) is 3.29. The van der Waals surface area contributed by atoms with Crippen LogP contribution in [0.25, 0.3) is 0 Å². The second kappa shape index (κ2) is 6.54. The van der Waals surface area contributed by atoms with Crippen LogP contribution in [-0.4, -0.2) is 28.9 Å². The molecule has 0 spiro atoms. The molecule has 1 rings (SSSR count). The van der Waals surface area contributed by atoms with Crippen LogP contribution in [0, 0.1) is 0 Å². The van der Waals surface area contributed by atoms with Gasteiger partial charge in [0.2, 0.25) is 0 Å². The first-order valence-corrected chi connectivity index (χ1v) is 6.38. The molecule has 0 aromatic carbocycles. The maximum absolute atomic E-state index is 11.5. The predicted octanol–water partition coefficient (Wildman–Crippen LogP) is 1.37. The third kappa shape index (κ3) is 3.32. The molecule has 5 nitrogen and oxygen atoms in total. The third-order valence-corrected chi connectivity index (χ3v) is 3.27. The molecular formula is C13H23N3O2. The van der Waals surface area contributed by atoms with E-state index in [0.29, 0.717) is 6.42 Å². The van der Waals surface area contributed by atoms with Crippen molar-refractivity contribution in [3.8, 4) is 0 Å². The molecule has 0 saturated heterocycles. The molecule has 0 bridgehead atoms. The van der Waals surface area contributed by atoms with E-state index in [9.17, 15) is 4.79 Å². The number of nitrogens with two attached hydrogens (primary N) is 1. The Morgan fingerprint density at radius 1 is 1.56 bits per heavy atom. The van der Waals surface area contributed by atoms with Crippen LogP contribution in [0.1, 0.15) is 43.9 Å². The minimum absolute atomic E-state index is 0.0221. The molecule has 1 aromatic heterocycles. The Morgan fingerprint density at radius 2 is 2.22 bits per heavy atom. The van der Waals surface area contributed by atoms with Crippen molar-refractivity contribution in [2.24, 2.45) is 12.8 Å². The number of carbonyl (C=O) groups excluding carboxylic acids is 1. The van der Waals surface area contributed by atoms with Crippen molar-refractivity contribution >= 4 is 5.97 Å². The van der Waals surface area contributed by atoms with Gasteiger partial charge in [-0.1, -0.05) is 13.8 Å². The summed E-state index contributed by atoms with van der Waals surface area (Å²) in [6, 6.07) is -0.0569. The van der Waals surface area contributed by atoms with Gasteiger partial charge in [-0.25, -0.2) is 0 Å². The molecule has 102 valence electrons. The number of ether oxygens (including phenoxy) is 1. The number of rotatable bonds is 6. The molecular weight excluding hydrogens is 230 g/mol. The Kier molecular flexibility index (Phi) is 5.34. The Balaban J connectivity index is 3.04. The van der Waals surface area contributed by atoms with E-state index in [-0.39, 0.29) is 17.9 Å². The minimum atomic E-state index is -0.227. The van der Waals surface area contributed by atoms with E-state index in [1.165, 1.54) is 7.11 Å². The fraction of sp³-hybridized carbons (Fsp3) is 0.692. The SMILES string of the molecule is CCc1nn(C)cc1C(CC(=O)OC)C(N)CC. The average Bonchev–Trinajstić information content (AvgIpc) is 2.75. The molecule has 2 atom stereocenters. The highest BCUT2D eigenvalue weighted by atomic mass is 16.5. The highest BCUT2D eigenvalue weighted by Crippen LogP contribution is 2.27. The molecule has 0 aliphatic carbocycles. The fourth-order valence-corrected chi connectivity index (χ4v) is 2.18. The van der Waals surface area contributed by atoms with Gasteiger partial charge in [0.05, 0.1) is 19.2 Å². The molecule has 2 N–H and O–H groups in total. The van der Waals surface area contributed by atoms with Gasteiger partial charge in [-0.05, 0) is 18.4 Å². The van der Waals surface area contributed by atoms with Gasteiger partial charge >= 0.3 is 5.97 Å². The lowest BCUT2D eigenvalue weighted by atomic mass is 9.87. The van der Waals surface area contributed by atoms with Crippen LogP contribution in [0.4, 0.5) is 0 Å². The van der Waals surface area contributed by atoms with E-state index in [1.807, 2.05) is 20.2 Å². The highest BCUT2D eigenvalue weighted by molar-refractivity contribution is 5.70. The maximum atomic E-state index is 11.5. The molecule has 1 aromatic rings. The van der Waals surface area contributed by atoms with Crippen LogP contribution in [0.3, 0.4) is 0 Å². The smallest absolute Gasteiger partial charge is 0.306 e. The summed E-state index contributed by atoms with van der Waals surface area (Å²) in [5, 5.41) is 4.41. The molecule has 18 heavy (non-hydrogen) atoms. The van der Waals surface area contributed by atoms with Gasteiger partial charge in [-0.15, -0.1) is 0 Å². The maximum Gasteiger partial charge on any atom is 0.306 e. The second-order valence-corrected chi connectivity index (χ2v) is 4.52. The first-order valence-electron chi connectivity index (χ1n) is 6.38. The largest absolute Gasteiger partial charge is 0.469 e. The number of carbonyl (C=O) groups is 1. The number of aryl methyl sites for hydroxylation is 2. The van der Waals surface area contributed by atoms with Crippen LogP contribution in [-0.2, 0) is 23.0 Å². The van der Waals surface area contributed by atoms with E-state index in [1.54, 1.807) is 4.68 Å². The van der Waals surface area contributed by atoms with Gasteiger partial charge in [-0.2, -0.15) is 5.10 Å². The molecule has 0 aliphatic rings. The normalized spacial score (nSPS) is 14.3. The van der Waals surface area contributed by atoms with Crippen LogP contribution < -0.4 is 5.73 Å². The van der Waals surface area contributed by atoms with Gasteiger partial charge in [0.25, 0.3) is 0 Å². The van der Waals surface area contributed by atoms with Gasteiger partial charge < -0.3 is 10.5 Å². The average molecular weight is 253 g/mol. The summed E-state index contributed by atoms with van der Waals surface area (Å²) in [6.45, 7) is 4.08. The monoisotopic (exact) mass is 253 g/mol. The Labute approximate surface area is 108 Å². The molecule has 0 saturated carbocycles. The van der Waals surface area contributed by atoms with E-state index < -0.39 is 0 Å². The van der Waals surface area contributed by atoms with Gasteiger partial charge in [-0.3, -0.25) is 9.48 Å². The van der Waals surface area contributed by atoms with Crippen LogP contribution in [0.15, 0.2) is 6.20 Å². The van der Waals surface area contributed by atoms with Crippen LogP contribution >= 0.6 is 0 Å². The number of hydrogen-bond donors (Lipinski definition) is 1. The lowest BCUT2D eigenvalue weighted by Crippen LogP contribution is -2.30. The number of methoxy groups -OCH3 is 1.